The molecule has 2 N–H and O–H groups in total. The molecule has 8 nitrogen and oxygen atoms in total. The standard InChI is InChI=1S/C22H28N2O6/c1-6-15-9-7-8-10-16(15)14(2)13-17(23-21(28)29-22(3,4)5)20(27)30-24-18(25)11-12-19(24)26/h7-12,14,25-26H,6,13H2,1-5H3. The molecule has 0 bridgehead atoms. The first kappa shape index (κ1) is 23.0. The lowest BCUT2D eigenvalue weighted by molar-refractivity contribution is -0.137. The number of rotatable bonds is 6. The van der Waals surface area contributed by atoms with Crippen LogP contribution in [0.25, 0.3) is 0 Å². The number of carbonyl (C=O) groups excluding carboxylic acids is 2. The van der Waals surface area contributed by atoms with Crippen LogP contribution in [-0.4, -0.2) is 38.3 Å². The topological polar surface area (TPSA) is 110 Å². The van der Waals surface area contributed by atoms with Gasteiger partial charge in [-0.3, -0.25) is 0 Å². The average molecular weight is 416 g/mol. The van der Waals surface area contributed by atoms with Crippen LogP contribution in [0.5, 0.6) is 11.8 Å². The van der Waals surface area contributed by atoms with Gasteiger partial charge in [-0.25, -0.2) is 9.59 Å². The number of aliphatic imine (C=N–C) groups is 1. The van der Waals surface area contributed by atoms with Crippen molar-refractivity contribution < 1.29 is 29.4 Å². The summed E-state index contributed by atoms with van der Waals surface area (Å²) in [5.74, 6) is -2.08. The lowest BCUT2D eigenvalue weighted by Crippen LogP contribution is -2.30. The molecule has 1 unspecified atom stereocenters. The Labute approximate surface area is 175 Å². The van der Waals surface area contributed by atoms with E-state index in [-0.39, 0.29) is 18.1 Å². The molecule has 1 amide bonds. The highest BCUT2D eigenvalue weighted by Gasteiger charge is 2.25. The van der Waals surface area contributed by atoms with Crippen LogP contribution in [0.3, 0.4) is 0 Å². The van der Waals surface area contributed by atoms with E-state index in [4.69, 9.17) is 9.57 Å². The fourth-order valence-corrected chi connectivity index (χ4v) is 2.94. The number of aromatic nitrogens is 1. The van der Waals surface area contributed by atoms with Crippen molar-refractivity contribution in [1.29, 1.82) is 0 Å². The Bertz CT molecular complexity index is 920. The van der Waals surface area contributed by atoms with Crippen LogP contribution in [0.4, 0.5) is 4.79 Å². The number of nitrogens with zero attached hydrogens (tertiary/aromatic N) is 2. The van der Waals surface area contributed by atoms with Gasteiger partial charge in [-0.05, 0) is 44.2 Å². The number of aryl methyl sites for hydroxylation is 1. The molecule has 0 spiro atoms. The molecule has 0 aliphatic carbocycles. The third kappa shape index (κ3) is 6.10. The molecule has 1 aromatic heterocycles. The van der Waals surface area contributed by atoms with Gasteiger partial charge in [-0.1, -0.05) is 38.1 Å². The smallest absolute Gasteiger partial charge is 0.434 e. The number of benzene rings is 1. The number of hydrogen-bond acceptors (Lipinski definition) is 6. The molecular weight excluding hydrogens is 388 g/mol. The lowest BCUT2D eigenvalue weighted by atomic mass is 9.90. The molecule has 1 aromatic carbocycles. The van der Waals surface area contributed by atoms with E-state index in [1.807, 2.05) is 38.1 Å². The Morgan fingerprint density at radius 3 is 2.27 bits per heavy atom. The predicted octanol–water partition coefficient (Wildman–Crippen LogP) is 3.99. The maximum atomic E-state index is 12.7. The molecule has 2 rings (SSSR count). The Kier molecular flexibility index (Phi) is 7.26. The monoisotopic (exact) mass is 416 g/mol. The number of hydrogen-bond donors (Lipinski definition) is 2. The second-order valence-corrected chi connectivity index (χ2v) is 7.92. The summed E-state index contributed by atoms with van der Waals surface area (Å²) in [7, 11) is 0. The molecule has 1 atom stereocenters. The summed E-state index contributed by atoms with van der Waals surface area (Å²) in [4.78, 5) is 33.8. The van der Waals surface area contributed by atoms with Gasteiger partial charge in [0.1, 0.15) is 11.3 Å². The summed E-state index contributed by atoms with van der Waals surface area (Å²) in [6.07, 6.45) is -0.0154. The highest BCUT2D eigenvalue weighted by Crippen LogP contribution is 2.25. The third-order valence-corrected chi connectivity index (χ3v) is 4.29. The Hall–Kier alpha value is -3.29. The summed E-state index contributed by atoms with van der Waals surface area (Å²) in [5.41, 5.74) is 1.18. The van der Waals surface area contributed by atoms with Gasteiger partial charge in [-0.15, -0.1) is 4.73 Å². The summed E-state index contributed by atoms with van der Waals surface area (Å²) >= 11 is 0. The molecule has 162 valence electrons. The van der Waals surface area contributed by atoms with Crippen molar-refractivity contribution in [1.82, 2.24) is 4.73 Å². The number of ether oxygens (including phenoxy) is 1. The SMILES string of the molecule is CCc1ccccc1C(C)CC(=NC(=O)OC(C)(C)C)C(=O)On1c(O)ccc1O. The van der Waals surface area contributed by atoms with Crippen molar-refractivity contribution in [2.45, 2.75) is 59.0 Å². The van der Waals surface area contributed by atoms with E-state index in [1.54, 1.807) is 20.8 Å². The molecule has 0 fully saturated rings. The van der Waals surface area contributed by atoms with Crippen LogP contribution in [-0.2, 0) is 16.0 Å². The summed E-state index contributed by atoms with van der Waals surface area (Å²) in [6.45, 7) is 9.02. The second kappa shape index (κ2) is 9.47. The van der Waals surface area contributed by atoms with Crippen molar-refractivity contribution in [3.63, 3.8) is 0 Å². The zero-order valence-corrected chi connectivity index (χ0v) is 17.9. The summed E-state index contributed by atoms with van der Waals surface area (Å²) in [6, 6.07) is 10.1. The lowest BCUT2D eigenvalue weighted by Gasteiger charge is -2.19. The zero-order valence-electron chi connectivity index (χ0n) is 17.9. The van der Waals surface area contributed by atoms with Crippen molar-refractivity contribution in [2.75, 3.05) is 0 Å². The van der Waals surface area contributed by atoms with Crippen molar-refractivity contribution in [3.05, 3.63) is 47.5 Å². The first-order chi connectivity index (χ1) is 14.0. The van der Waals surface area contributed by atoms with E-state index in [0.29, 0.717) is 4.73 Å². The molecule has 30 heavy (non-hydrogen) atoms. The molecular formula is C22H28N2O6. The molecule has 0 saturated heterocycles. The molecule has 8 heteroatoms. The Morgan fingerprint density at radius 1 is 1.10 bits per heavy atom. The Morgan fingerprint density at radius 2 is 1.70 bits per heavy atom. The number of carbonyl (C=O) groups is 2. The van der Waals surface area contributed by atoms with E-state index in [9.17, 15) is 19.8 Å². The molecule has 0 radical (unpaired) electrons. The number of aromatic hydroxyl groups is 2. The van der Waals surface area contributed by atoms with Crippen LogP contribution in [0, 0.1) is 0 Å². The minimum absolute atomic E-state index is 0.0951. The van der Waals surface area contributed by atoms with Crippen LogP contribution < -0.4 is 4.84 Å². The molecule has 0 saturated carbocycles. The fraction of sp³-hybridized carbons (Fsp3) is 0.409. The minimum Gasteiger partial charge on any atom is -0.492 e. The van der Waals surface area contributed by atoms with Crippen LogP contribution in [0.15, 0.2) is 41.4 Å². The fourth-order valence-electron chi connectivity index (χ4n) is 2.94. The predicted molar refractivity (Wildman–Crippen MR) is 112 cm³/mol. The van der Waals surface area contributed by atoms with Crippen LogP contribution >= 0.6 is 0 Å². The van der Waals surface area contributed by atoms with E-state index in [2.05, 4.69) is 4.99 Å². The highest BCUT2D eigenvalue weighted by atomic mass is 16.7. The molecule has 0 aliphatic heterocycles. The van der Waals surface area contributed by atoms with E-state index < -0.39 is 29.4 Å². The van der Waals surface area contributed by atoms with Gasteiger partial charge in [0.15, 0.2) is 0 Å². The van der Waals surface area contributed by atoms with Crippen molar-refractivity contribution in [2.24, 2.45) is 4.99 Å². The van der Waals surface area contributed by atoms with Crippen LogP contribution in [0.1, 0.15) is 58.1 Å². The quantitative estimate of drug-likeness (QED) is 0.689. The van der Waals surface area contributed by atoms with Gasteiger partial charge < -0.3 is 19.8 Å². The van der Waals surface area contributed by atoms with E-state index >= 15 is 0 Å². The van der Waals surface area contributed by atoms with Gasteiger partial charge in [-0.2, -0.15) is 4.99 Å². The maximum Gasteiger partial charge on any atom is 0.434 e. The number of amides is 1. The molecule has 0 aliphatic rings. The van der Waals surface area contributed by atoms with Crippen molar-refractivity contribution >= 4 is 17.8 Å². The average Bonchev–Trinajstić information content (AvgIpc) is 2.97. The van der Waals surface area contributed by atoms with Gasteiger partial charge in [0.25, 0.3) is 0 Å². The van der Waals surface area contributed by atoms with Crippen LogP contribution in [0.2, 0.25) is 0 Å². The zero-order chi connectivity index (χ0) is 22.5. The van der Waals surface area contributed by atoms with E-state index in [0.717, 1.165) is 29.7 Å². The maximum absolute atomic E-state index is 12.7. The molecule has 2 aromatic rings. The van der Waals surface area contributed by atoms with Gasteiger partial charge in [0.2, 0.25) is 11.8 Å². The summed E-state index contributed by atoms with van der Waals surface area (Å²) in [5, 5.41) is 19.4. The minimum atomic E-state index is -0.983. The van der Waals surface area contributed by atoms with Crippen molar-refractivity contribution in [3.8, 4) is 11.8 Å². The first-order valence-corrected chi connectivity index (χ1v) is 9.72. The summed E-state index contributed by atoms with van der Waals surface area (Å²) < 4.78 is 5.75. The van der Waals surface area contributed by atoms with Gasteiger partial charge in [0, 0.05) is 18.6 Å². The highest BCUT2D eigenvalue weighted by molar-refractivity contribution is 6.38. The first-order valence-electron chi connectivity index (χ1n) is 9.72. The van der Waals surface area contributed by atoms with Gasteiger partial charge >= 0.3 is 12.1 Å². The van der Waals surface area contributed by atoms with Gasteiger partial charge in [0.05, 0.1) is 0 Å². The molecule has 1 heterocycles. The second-order valence-electron chi connectivity index (χ2n) is 7.92. The Balaban J connectivity index is 2.33. The third-order valence-electron chi connectivity index (χ3n) is 4.29. The van der Waals surface area contributed by atoms with E-state index in [1.165, 1.54) is 0 Å². The largest absolute Gasteiger partial charge is 0.492 e. The normalized spacial score (nSPS) is 13.0.